The van der Waals surface area contributed by atoms with Gasteiger partial charge in [0.1, 0.15) is 5.82 Å². The Kier molecular flexibility index (Phi) is 5.50. The first-order valence-corrected chi connectivity index (χ1v) is 11.6. The van der Waals surface area contributed by atoms with Crippen LogP contribution in [0, 0.1) is 11.7 Å². The van der Waals surface area contributed by atoms with Crippen LogP contribution >= 0.6 is 0 Å². The van der Waals surface area contributed by atoms with Gasteiger partial charge in [-0.2, -0.15) is 13.2 Å². The summed E-state index contributed by atoms with van der Waals surface area (Å²) in [6.07, 6.45) is -2.84. The van der Waals surface area contributed by atoms with E-state index in [1.54, 1.807) is 18.2 Å². The van der Waals surface area contributed by atoms with Gasteiger partial charge >= 0.3 is 6.18 Å². The molecule has 182 valence electrons. The van der Waals surface area contributed by atoms with Crippen molar-refractivity contribution in [2.45, 2.75) is 55.9 Å². The molecular weight excluding hydrogens is 453 g/mol. The Morgan fingerprint density at radius 2 is 1.82 bits per heavy atom. The fourth-order valence-corrected chi connectivity index (χ4v) is 5.87. The molecule has 1 amide bonds. The van der Waals surface area contributed by atoms with Crippen molar-refractivity contribution in [1.29, 1.82) is 0 Å². The highest BCUT2D eigenvalue weighted by Gasteiger charge is 2.56. The van der Waals surface area contributed by atoms with Crippen molar-refractivity contribution in [3.8, 4) is 0 Å². The first-order valence-electron chi connectivity index (χ1n) is 11.6. The monoisotopic (exact) mass is 479 g/mol. The van der Waals surface area contributed by atoms with Gasteiger partial charge in [-0.3, -0.25) is 4.79 Å². The van der Waals surface area contributed by atoms with Crippen LogP contribution in [0.5, 0.6) is 0 Å². The summed E-state index contributed by atoms with van der Waals surface area (Å²) in [5.74, 6) is -0.468. The van der Waals surface area contributed by atoms with Crippen molar-refractivity contribution in [1.82, 2.24) is 4.90 Å². The van der Waals surface area contributed by atoms with Crippen LogP contribution in [-0.2, 0) is 33.5 Å². The number of aryl methyl sites for hydroxylation is 1. The molecule has 3 nitrogen and oxygen atoms in total. The van der Waals surface area contributed by atoms with Crippen molar-refractivity contribution < 1.29 is 31.5 Å². The van der Waals surface area contributed by atoms with E-state index in [0.29, 0.717) is 57.9 Å². The average Bonchev–Trinajstić information content (AvgIpc) is 3.12. The maximum Gasteiger partial charge on any atom is 0.426 e. The molecule has 1 aliphatic carbocycles. The first-order chi connectivity index (χ1) is 16.0. The molecule has 2 fully saturated rings. The molecule has 2 aromatic carbocycles. The summed E-state index contributed by atoms with van der Waals surface area (Å²) in [7, 11) is 0. The largest absolute Gasteiger partial charge is 0.426 e. The Labute approximate surface area is 194 Å². The third kappa shape index (κ3) is 3.61. The lowest BCUT2D eigenvalue weighted by Gasteiger charge is -2.45. The number of likely N-dealkylation sites (tertiary alicyclic amines) is 1. The van der Waals surface area contributed by atoms with Crippen molar-refractivity contribution in [2.75, 3.05) is 19.8 Å². The van der Waals surface area contributed by atoms with Crippen LogP contribution in [-0.4, -0.2) is 42.8 Å². The number of rotatable bonds is 4. The molecule has 0 saturated carbocycles. The van der Waals surface area contributed by atoms with Crippen molar-refractivity contribution in [3.63, 3.8) is 0 Å². The lowest BCUT2D eigenvalue weighted by Crippen LogP contribution is -2.53. The molecule has 2 aromatic rings. The molecule has 34 heavy (non-hydrogen) atoms. The number of carbonyl (C=O) groups excluding carboxylic acids is 1. The third-order valence-corrected chi connectivity index (χ3v) is 7.92. The Bertz CT molecular complexity index is 1090. The quantitative estimate of drug-likeness (QED) is 0.561. The molecule has 3 atom stereocenters. The minimum Gasteiger partial charge on any atom is -0.380 e. The number of alkyl halides is 4. The topological polar surface area (TPSA) is 29.5 Å². The summed E-state index contributed by atoms with van der Waals surface area (Å²) in [6.45, 7) is 1.88. The highest BCUT2D eigenvalue weighted by Crippen LogP contribution is 2.51. The van der Waals surface area contributed by atoms with Gasteiger partial charge in [0.15, 0.2) is 0 Å². The van der Waals surface area contributed by atoms with Gasteiger partial charge in [0.25, 0.3) is 0 Å². The predicted octanol–water partition coefficient (Wildman–Crippen LogP) is 5.25. The molecule has 8 heteroatoms. The summed E-state index contributed by atoms with van der Waals surface area (Å²) < 4.78 is 73.5. The summed E-state index contributed by atoms with van der Waals surface area (Å²) in [5, 5.41) is 0. The minimum atomic E-state index is -5.02. The van der Waals surface area contributed by atoms with Crippen LogP contribution in [0.3, 0.4) is 0 Å². The van der Waals surface area contributed by atoms with Crippen LogP contribution in [0.4, 0.5) is 22.0 Å². The Morgan fingerprint density at radius 1 is 1.12 bits per heavy atom. The van der Waals surface area contributed by atoms with E-state index in [1.165, 1.54) is 24.3 Å². The zero-order valence-electron chi connectivity index (χ0n) is 18.8. The standard InChI is InChI=1S/C26H26F5NO2/c1-24(28,26(29,30)31)19-5-8-21-17(12-19)4-9-22-25(21,13-16-2-6-20(27)7-3-16)10-11-32(22)23(33)18-14-34-15-18/h2-3,5-8,12,18,22H,4,9-11,13-15H2,1H3/t22-,24?,25-/m1/s1. The van der Waals surface area contributed by atoms with E-state index in [0.717, 1.165) is 11.1 Å². The fraction of sp³-hybridized carbons (Fsp3) is 0.500. The highest BCUT2D eigenvalue weighted by molar-refractivity contribution is 5.81. The summed E-state index contributed by atoms with van der Waals surface area (Å²) in [4.78, 5) is 15.1. The molecule has 0 aromatic heterocycles. The maximum absolute atomic E-state index is 14.7. The molecule has 2 aliphatic heterocycles. The summed E-state index contributed by atoms with van der Waals surface area (Å²) in [6, 6.07) is 10.2. The molecule has 0 radical (unpaired) electrons. The van der Waals surface area contributed by atoms with E-state index in [1.807, 2.05) is 4.90 Å². The smallest absolute Gasteiger partial charge is 0.380 e. The number of ether oxygens (including phenoxy) is 1. The Morgan fingerprint density at radius 3 is 2.44 bits per heavy atom. The predicted molar refractivity (Wildman–Crippen MR) is 115 cm³/mol. The molecule has 0 bridgehead atoms. The normalized spacial score (nSPS) is 26.4. The molecule has 0 N–H and O–H groups in total. The zero-order valence-corrected chi connectivity index (χ0v) is 18.8. The number of halogens is 5. The molecule has 2 saturated heterocycles. The second-order valence-corrected chi connectivity index (χ2v) is 9.90. The molecule has 3 aliphatic rings. The van der Waals surface area contributed by atoms with Gasteiger partial charge in [-0.15, -0.1) is 0 Å². The Hall–Kier alpha value is -2.48. The summed E-state index contributed by atoms with van der Waals surface area (Å²) in [5.41, 5.74) is -1.97. The SMILES string of the molecule is CC(F)(c1ccc2c(c1)CC[C@H]1N(C(=O)C3COC3)CC[C@@]21Cc1ccc(F)cc1)C(F)(F)F. The van der Waals surface area contributed by atoms with Gasteiger partial charge in [0.2, 0.25) is 11.6 Å². The fourth-order valence-electron chi connectivity index (χ4n) is 5.87. The van der Waals surface area contributed by atoms with Crippen molar-refractivity contribution in [2.24, 2.45) is 5.92 Å². The third-order valence-electron chi connectivity index (χ3n) is 7.92. The number of amides is 1. The summed E-state index contributed by atoms with van der Waals surface area (Å²) >= 11 is 0. The van der Waals surface area contributed by atoms with Gasteiger partial charge in [0.05, 0.1) is 19.1 Å². The Balaban J connectivity index is 1.56. The van der Waals surface area contributed by atoms with E-state index in [-0.39, 0.29) is 23.7 Å². The zero-order chi connectivity index (χ0) is 24.3. The van der Waals surface area contributed by atoms with Gasteiger partial charge < -0.3 is 9.64 Å². The molecule has 2 heterocycles. The van der Waals surface area contributed by atoms with Crippen LogP contribution in [0.1, 0.15) is 42.0 Å². The lowest BCUT2D eigenvalue weighted by molar-refractivity contribution is -0.228. The number of fused-ring (bicyclic) bond motifs is 3. The van der Waals surface area contributed by atoms with Crippen molar-refractivity contribution >= 4 is 5.91 Å². The van der Waals surface area contributed by atoms with E-state index in [4.69, 9.17) is 4.74 Å². The second-order valence-electron chi connectivity index (χ2n) is 9.90. The number of hydrogen-bond acceptors (Lipinski definition) is 2. The molecular formula is C26H26F5NO2. The highest BCUT2D eigenvalue weighted by atomic mass is 19.4. The molecule has 5 rings (SSSR count). The van der Waals surface area contributed by atoms with Crippen molar-refractivity contribution in [3.05, 3.63) is 70.5 Å². The van der Waals surface area contributed by atoms with Crippen LogP contribution in [0.15, 0.2) is 42.5 Å². The van der Waals surface area contributed by atoms with Crippen LogP contribution in [0.2, 0.25) is 0 Å². The van der Waals surface area contributed by atoms with E-state index >= 15 is 0 Å². The minimum absolute atomic E-state index is 0.0470. The maximum atomic E-state index is 14.7. The van der Waals surface area contributed by atoms with Gasteiger partial charge in [0, 0.05) is 18.0 Å². The number of carbonyl (C=O) groups is 1. The molecule has 1 unspecified atom stereocenters. The number of nitrogens with zero attached hydrogens (tertiary/aromatic N) is 1. The van der Waals surface area contributed by atoms with E-state index in [9.17, 15) is 26.7 Å². The van der Waals surface area contributed by atoms with Crippen LogP contribution < -0.4 is 0 Å². The molecule has 0 spiro atoms. The van der Waals surface area contributed by atoms with Gasteiger partial charge in [-0.25, -0.2) is 8.78 Å². The van der Waals surface area contributed by atoms with Gasteiger partial charge in [-0.05, 0) is 67.0 Å². The number of hydrogen-bond donors (Lipinski definition) is 0. The second kappa shape index (κ2) is 8.04. The average molecular weight is 479 g/mol. The number of benzene rings is 2. The van der Waals surface area contributed by atoms with Crippen LogP contribution in [0.25, 0.3) is 0 Å². The van der Waals surface area contributed by atoms with E-state index < -0.39 is 22.8 Å². The van der Waals surface area contributed by atoms with E-state index in [2.05, 4.69) is 0 Å². The first kappa shape index (κ1) is 23.3. The lowest BCUT2D eigenvalue weighted by atomic mass is 9.63. The van der Waals surface area contributed by atoms with Gasteiger partial charge in [-0.1, -0.05) is 30.3 Å².